The van der Waals surface area contributed by atoms with E-state index in [-0.39, 0.29) is 11.4 Å². The normalized spacial score (nSPS) is 11.0. The molecule has 6 heteroatoms. The van der Waals surface area contributed by atoms with Crippen molar-refractivity contribution in [2.45, 2.75) is 0 Å². The highest BCUT2D eigenvalue weighted by Crippen LogP contribution is 2.20. The summed E-state index contributed by atoms with van der Waals surface area (Å²) in [4.78, 5) is 29.6. The molecule has 0 bridgehead atoms. The van der Waals surface area contributed by atoms with Gasteiger partial charge in [0.15, 0.2) is 5.78 Å². The van der Waals surface area contributed by atoms with Crippen LogP contribution in [0.2, 0.25) is 0 Å². The second-order valence-electron chi connectivity index (χ2n) is 5.37. The van der Waals surface area contributed by atoms with E-state index in [9.17, 15) is 9.59 Å². The molecule has 0 aliphatic heterocycles. The molecule has 0 radical (unpaired) electrons. The van der Waals surface area contributed by atoms with Gasteiger partial charge in [0.05, 0.1) is 12.7 Å². The van der Waals surface area contributed by atoms with Crippen LogP contribution in [0.4, 0.5) is 5.69 Å². The zero-order valence-electron chi connectivity index (χ0n) is 14.0. The maximum atomic E-state index is 12.8. The molecule has 0 unspecified atom stereocenters. The molecule has 3 rings (SSSR count). The predicted molar refractivity (Wildman–Crippen MR) is 102 cm³/mol. The van der Waals surface area contributed by atoms with E-state index in [2.05, 4.69) is 10.3 Å². The second kappa shape index (κ2) is 8.22. The Morgan fingerprint density at radius 2 is 2.08 bits per heavy atom. The first-order valence-corrected chi connectivity index (χ1v) is 8.75. The van der Waals surface area contributed by atoms with E-state index in [1.807, 2.05) is 16.8 Å². The summed E-state index contributed by atoms with van der Waals surface area (Å²) in [6.07, 6.45) is 4.61. The van der Waals surface area contributed by atoms with Crippen molar-refractivity contribution in [3.8, 4) is 5.75 Å². The molecule has 3 aromatic rings. The van der Waals surface area contributed by atoms with Gasteiger partial charge >= 0.3 is 0 Å². The van der Waals surface area contributed by atoms with Crippen molar-refractivity contribution >= 4 is 34.8 Å². The lowest BCUT2D eigenvalue weighted by Gasteiger charge is -2.09. The van der Waals surface area contributed by atoms with Crippen molar-refractivity contribution in [2.75, 3.05) is 12.4 Å². The van der Waals surface area contributed by atoms with Crippen LogP contribution < -0.4 is 10.1 Å². The summed E-state index contributed by atoms with van der Waals surface area (Å²) in [5, 5.41) is 6.51. The number of methoxy groups -OCH3 is 1. The highest BCUT2D eigenvalue weighted by molar-refractivity contribution is 7.08. The third-order valence-electron chi connectivity index (χ3n) is 3.59. The Labute approximate surface area is 155 Å². The Balaban J connectivity index is 1.92. The fraction of sp³-hybridized carbons (Fsp3) is 0.0500. The average Bonchev–Trinajstić information content (AvgIpc) is 3.19. The number of aromatic nitrogens is 1. The molecule has 1 N–H and O–H groups in total. The molecule has 0 aliphatic carbocycles. The summed E-state index contributed by atoms with van der Waals surface area (Å²) in [5.41, 5.74) is 1.74. The molecule has 0 saturated heterocycles. The minimum absolute atomic E-state index is 0.0409. The maximum Gasteiger partial charge on any atom is 0.259 e. The number of carbonyl (C=O) groups excluding carboxylic acids is 2. The van der Waals surface area contributed by atoms with Gasteiger partial charge in [-0.3, -0.25) is 14.6 Å². The van der Waals surface area contributed by atoms with E-state index in [1.165, 1.54) is 17.5 Å². The highest BCUT2D eigenvalue weighted by Gasteiger charge is 2.20. The van der Waals surface area contributed by atoms with Gasteiger partial charge in [-0.2, -0.15) is 11.3 Å². The van der Waals surface area contributed by atoms with Gasteiger partial charge in [0.2, 0.25) is 0 Å². The minimum Gasteiger partial charge on any atom is -0.497 e. The number of hydrogen-bond donors (Lipinski definition) is 1. The number of hydrogen-bond acceptors (Lipinski definition) is 5. The Hall–Kier alpha value is -3.25. The van der Waals surface area contributed by atoms with E-state index < -0.39 is 5.91 Å². The predicted octanol–water partition coefficient (Wildman–Crippen LogP) is 4.06. The van der Waals surface area contributed by atoms with Gasteiger partial charge in [0.1, 0.15) is 5.75 Å². The Bertz CT molecular complexity index is 935. The van der Waals surface area contributed by atoms with E-state index >= 15 is 0 Å². The first-order valence-electron chi connectivity index (χ1n) is 7.81. The van der Waals surface area contributed by atoms with Crippen LogP contribution in [0.3, 0.4) is 0 Å². The second-order valence-corrected chi connectivity index (χ2v) is 6.15. The van der Waals surface area contributed by atoms with Crippen molar-refractivity contribution in [3.05, 3.63) is 82.3 Å². The van der Waals surface area contributed by atoms with Gasteiger partial charge in [-0.1, -0.05) is 6.07 Å². The Kier molecular flexibility index (Phi) is 5.56. The van der Waals surface area contributed by atoms with Gasteiger partial charge < -0.3 is 10.1 Å². The van der Waals surface area contributed by atoms with E-state index in [0.717, 1.165) is 5.56 Å². The van der Waals surface area contributed by atoms with Crippen LogP contribution in [0.15, 0.2) is 71.2 Å². The number of thiophene rings is 1. The smallest absolute Gasteiger partial charge is 0.259 e. The van der Waals surface area contributed by atoms with Gasteiger partial charge in [0, 0.05) is 29.7 Å². The van der Waals surface area contributed by atoms with Crippen LogP contribution in [-0.2, 0) is 4.79 Å². The average molecular weight is 364 g/mol. The van der Waals surface area contributed by atoms with Crippen LogP contribution in [-0.4, -0.2) is 23.8 Å². The molecule has 130 valence electrons. The summed E-state index contributed by atoms with van der Waals surface area (Å²) in [6, 6.07) is 12.1. The Morgan fingerprint density at radius 3 is 2.77 bits per heavy atom. The first-order chi connectivity index (χ1) is 12.7. The molecule has 2 aromatic heterocycles. The largest absolute Gasteiger partial charge is 0.497 e. The van der Waals surface area contributed by atoms with Crippen LogP contribution in [0.1, 0.15) is 15.9 Å². The van der Waals surface area contributed by atoms with Gasteiger partial charge in [-0.25, -0.2) is 0 Å². The van der Waals surface area contributed by atoms with Crippen molar-refractivity contribution in [3.63, 3.8) is 0 Å². The number of ketones is 1. The minimum atomic E-state index is -0.488. The molecule has 1 amide bonds. The number of anilines is 1. The monoisotopic (exact) mass is 364 g/mol. The lowest BCUT2D eigenvalue weighted by molar-refractivity contribution is -0.112. The van der Waals surface area contributed by atoms with Crippen LogP contribution in [0.5, 0.6) is 5.75 Å². The molecular weight excluding hydrogens is 348 g/mol. The van der Waals surface area contributed by atoms with Crippen LogP contribution in [0.25, 0.3) is 6.08 Å². The number of pyridine rings is 1. The van der Waals surface area contributed by atoms with Gasteiger partial charge in [0.25, 0.3) is 5.91 Å². The van der Waals surface area contributed by atoms with Crippen LogP contribution in [0, 0.1) is 0 Å². The van der Waals surface area contributed by atoms with Crippen molar-refractivity contribution in [1.82, 2.24) is 4.98 Å². The standard InChI is InChI=1S/C20H16N2O3S/c1-25-17-6-2-5-16(11-17)22-20(24)18(10-14-7-9-26-13-14)19(23)15-4-3-8-21-12-15/h2-13H,1H3,(H,22,24)/b18-10+. The van der Waals surface area contributed by atoms with E-state index in [1.54, 1.807) is 55.8 Å². The third kappa shape index (κ3) is 4.23. The summed E-state index contributed by atoms with van der Waals surface area (Å²) in [6.45, 7) is 0. The molecule has 0 atom stereocenters. The number of amides is 1. The number of ether oxygens (including phenoxy) is 1. The first kappa shape index (κ1) is 17.6. The lowest BCUT2D eigenvalue weighted by atomic mass is 10.0. The quantitative estimate of drug-likeness (QED) is 0.310. The molecule has 26 heavy (non-hydrogen) atoms. The molecule has 2 heterocycles. The van der Waals surface area contributed by atoms with Crippen LogP contribution >= 0.6 is 11.3 Å². The number of rotatable bonds is 6. The summed E-state index contributed by atoms with van der Waals surface area (Å²) >= 11 is 1.49. The highest BCUT2D eigenvalue weighted by atomic mass is 32.1. The summed E-state index contributed by atoms with van der Waals surface area (Å²) in [5.74, 6) is -0.257. The van der Waals surface area contributed by atoms with Crippen molar-refractivity contribution < 1.29 is 14.3 Å². The van der Waals surface area contributed by atoms with E-state index in [0.29, 0.717) is 17.0 Å². The molecule has 0 saturated carbocycles. The number of nitrogens with zero attached hydrogens (tertiary/aromatic N) is 1. The topological polar surface area (TPSA) is 68.3 Å². The molecule has 1 aromatic carbocycles. The third-order valence-corrected chi connectivity index (χ3v) is 4.30. The zero-order chi connectivity index (χ0) is 18.4. The summed E-state index contributed by atoms with van der Waals surface area (Å²) < 4.78 is 5.16. The molecule has 0 spiro atoms. The number of benzene rings is 1. The molecule has 0 fully saturated rings. The van der Waals surface area contributed by atoms with Crippen molar-refractivity contribution in [2.24, 2.45) is 0 Å². The van der Waals surface area contributed by atoms with Gasteiger partial charge in [-0.05, 0) is 52.7 Å². The van der Waals surface area contributed by atoms with E-state index in [4.69, 9.17) is 4.74 Å². The molecule has 0 aliphatic rings. The fourth-order valence-corrected chi connectivity index (χ4v) is 2.93. The maximum absolute atomic E-state index is 12.8. The molecule has 5 nitrogen and oxygen atoms in total. The number of nitrogens with one attached hydrogen (secondary N) is 1. The zero-order valence-corrected chi connectivity index (χ0v) is 14.8. The fourth-order valence-electron chi connectivity index (χ4n) is 2.31. The molecular formula is C20H16N2O3S. The number of carbonyl (C=O) groups is 2. The summed E-state index contributed by atoms with van der Waals surface area (Å²) in [7, 11) is 1.55. The number of Topliss-reactive ketones (excluding diaryl/α,β-unsaturated/α-hetero) is 1. The SMILES string of the molecule is COc1cccc(NC(=O)/C(=C/c2ccsc2)C(=O)c2cccnc2)c1. The lowest BCUT2D eigenvalue weighted by Crippen LogP contribution is -2.20. The van der Waals surface area contributed by atoms with Gasteiger partial charge in [-0.15, -0.1) is 0 Å². The Morgan fingerprint density at radius 1 is 1.19 bits per heavy atom. The van der Waals surface area contributed by atoms with Crippen molar-refractivity contribution in [1.29, 1.82) is 0 Å².